The Balaban J connectivity index is 3.25. The minimum Gasteiger partial charge on any atom is -0.309 e. The Morgan fingerprint density at radius 3 is 2.33 bits per heavy atom. The van der Waals surface area contributed by atoms with Crippen LogP contribution in [0, 0.1) is 5.92 Å². The quantitative estimate of drug-likeness (QED) is 0.436. The van der Waals surface area contributed by atoms with Crippen LogP contribution in [0.2, 0.25) is 0 Å². The largest absolute Gasteiger partial charge is 0.309 e. The fourth-order valence-electron chi connectivity index (χ4n) is 1.12. The van der Waals surface area contributed by atoms with Crippen LogP contribution in [0.1, 0.15) is 33.1 Å². The standard InChI is InChI=1S/C11H23N/c1-10(2)11(3)8-6-7-9-12(4)5/h11H,1,6-9H2,2-5H3. The first-order valence-electron chi connectivity index (χ1n) is 4.84. The highest BCUT2D eigenvalue weighted by molar-refractivity contribution is 4.93. The van der Waals surface area contributed by atoms with E-state index >= 15 is 0 Å². The number of unbranched alkanes of at least 4 members (excludes halogenated alkanes) is 1. The maximum atomic E-state index is 3.96. The first kappa shape index (κ1) is 11.7. The number of nitrogens with zero attached hydrogens (tertiary/aromatic N) is 1. The normalized spacial score (nSPS) is 13.4. The van der Waals surface area contributed by atoms with Crippen molar-refractivity contribution in [3.8, 4) is 0 Å². The van der Waals surface area contributed by atoms with Gasteiger partial charge in [0.2, 0.25) is 0 Å². The summed E-state index contributed by atoms with van der Waals surface area (Å²) in [5, 5.41) is 0. The summed E-state index contributed by atoms with van der Waals surface area (Å²) in [6, 6.07) is 0. The molecule has 72 valence electrons. The average Bonchev–Trinajstić information content (AvgIpc) is 1.97. The van der Waals surface area contributed by atoms with E-state index in [4.69, 9.17) is 0 Å². The van der Waals surface area contributed by atoms with Gasteiger partial charge in [-0.25, -0.2) is 0 Å². The van der Waals surface area contributed by atoms with E-state index in [1.807, 2.05) is 0 Å². The zero-order chi connectivity index (χ0) is 9.56. The molecule has 0 aromatic heterocycles. The molecule has 1 heteroatoms. The molecule has 0 heterocycles. The van der Waals surface area contributed by atoms with Gasteiger partial charge in [0.25, 0.3) is 0 Å². The zero-order valence-electron chi connectivity index (χ0n) is 9.06. The third-order valence-electron chi connectivity index (χ3n) is 2.33. The van der Waals surface area contributed by atoms with Gasteiger partial charge < -0.3 is 4.90 Å². The molecule has 0 amide bonds. The van der Waals surface area contributed by atoms with Crippen molar-refractivity contribution >= 4 is 0 Å². The second-order valence-corrected chi connectivity index (χ2v) is 4.05. The second kappa shape index (κ2) is 6.24. The summed E-state index contributed by atoms with van der Waals surface area (Å²) in [6.45, 7) is 9.55. The Kier molecular flexibility index (Phi) is 6.09. The fourth-order valence-corrected chi connectivity index (χ4v) is 1.12. The van der Waals surface area contributed by atoms with Crippen molar-refractivity contribution in [2.75, 3.05) is 20.6 Å². The topological polar surface area (TPSA) is 3.24 Å². The lowest BCUT2D eigenvalue weighted by molar-refractivity contribution is 0.385. The van der Waals surface area contributed by atoms with Crippen LogP contribution in [0.3, 0.4) is 0 Å². The molecule has 0 aromatic rings. The van der Waals surface area contributed by atoms with E-state index in [1.165, 1.54) is 31.4 Å². The molecule has 0 aliphatic carbocycles. The van der Waals surface area contributed by atoms with Gasteiger partial charge in [-0.2, -0.15) is 0 Å². The van der Waals surface area contributed by atoms with Crippen LogP contribution in [0.25, 0.3) is 0 Å². The number of hydrogen-bond acceptors (Lipinski definition) is 1. The summed E-state index contributed by atoms with van der Waals surface area (Å²) in [5.74, 6) is 0.701. The van der Waals surface area contributed by atoms with E-state index < -0.39 is 0 Å². The Labute approximate surface area is 77.5 Å². The van der Waals surface area contributed by atoms with Gasteiger partial charge in [0, 0.05) is 0 Å². The van der Waals surface area contributed by atoms with Crippen molar-refractivity contribution in [3.63, 3.8) is 0 Å². The van der Waals surface area contributed by atoms with Crippen LogP contribution in [0.4, 0.5) is 0 Å². The second-order valence-electron chi connectivity index (χ2n) is 4.05. The molecule has 1 nitrogen and oxygen atoms in total. The average molecular weight is 169 g/mol. The lowest BCUT2D eigenvalue weighted by Crippen LogP contribution is -2.13. The first-order valence-corrected chi connectivity index (χ1v) is 4.84. The van der Waals surface area contributed by atoms with Gasteiger partial charge in [0.1, 0.15) is 0 Å². The maximum absolute atomic E-state index is 3.96. The fraction of sp³-hybridized carbons (Fsp3) is 0.818. The molecule has 0 saturated carbocycles. The summed E-state index contributed by atoms with van der Waals surface area (Å²) in [6.07, 6.45) is 3.93. The third-order valence-corrected chi connectivity index (χ3v) is 2.33. The van der Waals surface area contributed by atoms with E-state index in [0.717, 1.165) is 0 Å². The van der Waals surface area contributed by atoms with Crippen molar-refractivity contribution in [1.29, 1.82) is 0 Å². The number of hydrogen-bond donors (Lipinski definition) is 0. The molecule has 0 radical (unpaired) electrons. The summed E-state index contributed by atoms with van der Waals surface area (Å²) in [4.78, 5) is 2.24. The Hall–Kier alpha value is -0.300. The lowest BCUT2D eigenvalue weighted by atomic mass is 9.98. The molecule has 0 rings (SSSR count). The number of allylic oxidation sites excluding steroid dienone is 1. The SMILES string of the molecule is C=C(C)C(C)CCCCN(C)C. The van der Waals surface area contributed by atoms with Gasteiger partial charge in [0.05, 0.1) is 0 Å². The molecule has 0 spiro atoms. The van der Waals surface area contributed by atoms with Crippen molar-refractivity contribution in [2.45, 2.75) is 33.1 Å². The molecule has 12 heavy (non-hydrogen) atoms. The van der Waals surface area contributed by atoms with E-state index in [9.17, 15) is 0 Å². The first-order chi connectivity index (χ1) is 5.54. The van der Waals surface area contributed by atoms with E-state index in [-0.39, 0.29) is 0 Å². The summed E-state index contributed by atoms with van der Waals surface area (Å²) in [7, 11) is 4.25. The molecule has 1 atom stereocenters. The highest BCUT2D eigenvalue weighted by atomic mass is 15.0. The van der Waals surface area contributed by atoms with Crippen LogP contribution in [0.15, 0.2) is 12.2 Å². The van der Waals surface area contributed by atoms with Crippen LogP contribution >= 0.6 is 0 Å². The Morgan fingerprint density at radius 1 is 1.33 bits per heavy atom. The minimum atomic E-state index is 0.701. The molecular formula is C11H23N. The maximum Gasteiger partial charge on any atom is -0.00248 e. The van der Waals surface area contributed by atoms with Gasteiger partial charge in [-0.1, -0.05) is 25.5 Å². The molecular weight excluding hydrogens is 146 g/mol. The van der Waals surface area contributed by atoms with Crippen LogP contribution in [-0.2, 0) is 0 Å². The Bertz CT molecular complexity index is 127. The van der Waals surface area contributed by atoms with E-state index in [1.54, 1.807) is 0 Å². The summed E-state index contributed by atoms with van der Waals surface area (Å²) >= 11 is 0. The minimum absolute atomic E-state index is 0.701. The van der Waals surface area contributed by atoms with Crippen molar-refractivity contribution in [3.05, 3.63) is 12.2 Å². The lowest BCUT2D eigenvalue weighted by Gasteiger charge is -2.12. The monoisotopic (exact) mass is 169 g/mol. The predicted octanol–water partition coefficient (Wildman–Crippen LogP) is 2.93. The van der Waals surface area contributed by atoms with Crippen molar-refractivity contribution in [2.24, 2.45) is 5.92 Å². The van der Waals surface area contributed by atoms with Gasteiger partial charge in [-0.05, 0) is 46.3 Å². The highest BCUT2D eigenvalue weighted by Crippen LogP contribution is 2.14. The van der Waals surface area contributed by atoms with Crippen LogP contribution in [0.5, 0.6) is 0 Å². The van der Waals surface area contributed by atoms with Gasteiger partial charge in [-0.15, -0.1) is 0 Å². The van der Waals surface area contributed by atoms with E-state index in [0.29, 0.717) is 5.92 Å². The van der Waals surface area contributed by atoms with Gasteiger partial charge in [-0.3, -0.25) is 0 Å². The highest BCUT2D eigenvalue weighted by Gasteiger charge is 2.01. The van der Waals surface area contributed by atoms with Crippen LogP contribution in [-0.4, -0.2) is 25.5 Å². The molecule has 1 unspecified atom stereocenters. The third kappa shape index (κ3) is 6.41. The molecule has 0 aliphatic rings. The molecule has 0 aromatic carbocycles. The summed E-state index contributed by atoms with van der Waals surface area (Å²) < 4.78 is 0. The van der Waals surface area contributed by atoms with Crippen molar-refractivity contribution < 1.29 is 0 Å². The molecule has 0 bridgehead atoms. The zero-order valence-corrected chi connectivity index (χ0v) is 9.06. The van der Waals surface area contributed by atoms with Gasteiger partial charge >= 0.3 is 0 Å². The van der Waals surface area contributed by atoms with Gasteiger partial charge in [0.15, 0.2) is 0 Å². The molecule has 0 N–H and O–H groups in total. The van der Waals surface area contributed by atoms with Crippen LogP contribution < -0.4 is 0 Å². The molecule has 0 saturated heterocycles. The number of rotatable bonds is 6. The molecule has 0 aliphatic heterocycles. The Morgan fingerprint density at radius 2 is 1.92 bits per heavy atom. The predicted molar refractivity (Wildman–Crippen MR) is 56.4 cm³/mol. The van der Waals surface area contributed by atoms with Crippen molar-refractivity contribution in [1.82, 2.24) is 4.90 Å². The smallest absolute Gasteiger partial charge is 0.00248 e. The van der Waals surface area contributed by atoms with E-state index in [2.05, 4.69) is 39.4 Å². The summed E-state index contributed by atoms with van der Waals surface area (Å²) in [5.41, 5.74) is 1.32. The molecule has 0 fully saturated rings.